The molecule has 0 fully saturated rings. The lowest BCUT2D eigenvalue weighted by atomic mass is 10.1. The number of carbonyl (C=O) groups excluding carboxylic acids is 1. The maximum absolute atomic E-state index is 12.4. The standard InChI is InChI=1S/C19H18N4O2/c24-18-9-8-13(11-20-18)19(25)22-15-6-2-1-5-14(15)16-12-23-10-4-3-7-17(23)21-16/h1-2,5-6,8-9,11-12H,3-4,7,10H2,(H,20,24)(H,22,25). The number of pyridine rings is 1. The molecule has 0 bridgehead atoms. The lowest BCUT2D eigenvalue weighted by Crippen LogP contribution is -2.15. The molecule has 0 saturated carbocycles. The summed E-state index contributed by atoms with van der Waals surface area (Å²) in [6, 6.07) is 10.5. The third-order valence-corrected chi connectivity index (χ3v) is 4.41. The van der Waals surface area contributed by atoms with Crippen molar-refractivity contribution < 1.29 is 4.79 Å². The second-order valence-electron chi connectivity index (χ2n) is 6.13. The molecule has 0 aliphatic carbocycles. The Bertz CT molecular complexity index is 943. The Kier molecular flexibility index (Phi) is 3.93. The topological polar surface area (TPSA) is 79.8 Å². The van der Waals surface area contributed by atoms with Crippen LogP contribution >= 0.6 is 0 Å². The average molecular weight is 334 g/mol. The first kappa shape index (κ1) is 15.4. The number of para-hydroxylation sites is 1. The summed E-state index contributed by atoms with van der Waals surface area (Å²) in [6.45, 7) is 0.994. The van der Waals surface area contributed by atoms with Gasteiger partial charge in [0.1, 0.15) is 5.82 Å². The molecule has 6 nitrogen and oxygen atoms in total. The van der Waals surface area contributed by atoms with Crippen LogP contribution in [-0.4, -0.2) is 20.4 Å². The summed E-state index contributed by atoms with van der Waals surface area (Å²) in [5.74, 6) is 0.829. The zero-order valence-electron chi connectivity index (χ0n) is 13.7. The smallest absolute Gasteiger partial charge is 0.257 e. The van der Waals surface area contributed by atoms with Crippen LogP contribution < -0.4 is 10.9 Å². The molecular weight excluding hydrogens is 316 g/mol. The molecule has 25 heavy (non-hydrogen) atoms. The first-order valence-electron chi connectivity index (χ1n) is 8.36. The van der Waals surface area contributed by atoms with Gasteiger partial charge in [-0.05, 0) is 25.0 Å². The third-order valence-electron chi connectivity index (χ3n) is 4.41. The maximum Gasteiger partial charge on any atom is 0.257 e. The van der Waals surface area contributed by atoms with Crippen LogP contribution in [0.4, 0.5) is 5.69 Å². The van der Waals surface area contributed by atoms with Gasteiger partial charge >= 0.3 is 0 Å². The van der Waals surface area contributed by atoms with Crippen LogP contribution in [0.15, 0.2) is 53.6 Å². The Morgan fingerprint density at radius 3 is 2.84 bits per heavy atom. The van der Waals surface area contributed by atoms with Gasteiger partial charge in [0.2, 0.25) is 5.56 Å². The van der Waals surface area contributed by atoms with Crippen LogP contribution in [0.25, 0.3) is 11.3 Å². The summed E-state index contributed by atoms with van der Waals surface area (Å²) in [5.41, 5.74) is 2.63. The molecule has 1 aliphatic rings. The number of rotatable bonds is 3. The van der Waals surface area contributed by atoms with E-state index in [0.717, 1.165) is 30.0 Å². The number of imidazole rings is 1. The van der Waals surface area contributed by atoms with Gasteiger partial charge in [0, 0.05) is 37.0 Å². The summed E-state index contributed by atoms with van der Waals surface area (Å²) in [6.07, 6.45) is 6.80. The fraction of sp³-hybridized carbons (Fsp3) is 0.211. The number of nitrogens with one attached hydrogen (secondary N) is 2. The van der Waals surface area contributed by atoms with E-state index >= 15 is 0 Å². The molecule has 2 aromatic heterocycles. The highest BCUT2D eigenvalue weighted by Crippen LogP contribution is 2.29. The van der Waals surface area contributed by atoms with E-state index in [1.807, 2.05) is 24.3 Å². The number of benzene rings is 1. The molecule has 3 aromatic rings. The molecule has 2 N–H and O–H groups in total. The fourth-order valence-corrected chi connectivity index (χ4v) is 3.10. The summed E-state index contributed by atoms with van der Waals surface area (Å²) in [4.78, 5) is 30.8. The Morgan fingerprint density at radius 2 is 2.04 bits per heavy atom. The summed E-state index contributed by atoms with van der Waals surface area (Å²) in [7, 11) is 0. The molecule has 0 atom stereocenters. The minimum atomic E-state index is -0.271. The van der Waals surface area contributed by atoms with E-state index in [1.54, 1.807) is 0 Å². The summed E-state index contributed by atoms with van der Waals surface area (Å²) < 4.78 is 2.19. The molecular formula is C19H18N4O2. The zero-order chi connectivity index (χ0) is 17.2. The second kappa shape index (κ2) is 6.39. The predicted octanol–water partition coefficient (Wildman–Crippen LogP) is 2.83. The van der Waals surface area contributed by atoms with Gasteiger partial charge in [-0.2, -0.15) is 0 Å². The Hall–Kier alpha value is -3.15. The molecule has 0 radical (unpaired) electrons. The van der Waals surface area contributed by atoms with Crippen molar-refractivity contribution in [2.45, 2.75) is 25.8 Å². The van der Waals surface area contributed by atoms with E-state index in [4.69, 9.17) is 4.98 Å². The SMILES string of the molecule is O=C(Nc1ccccc1-c1cn2c(n1)CCCC2)c1ccc(=O)[nH]c1. The maximum atomic E-state index is 12.4. The van der Waals surface area contributed by atoms with Crippen molar-refractivity contribution in [3.63, 3.8) is 0 Å². The molecule has 1 aromatic carbocycles. The highest BCUT2D eigenvalue weighted by Gasteiger charge is 2.16. The Morgan fingerprint density at radius 1 is 1.16 bits per heavy atom. The molecule has 4 rings (SSSR count). The number of aryl methyl sites for hydroxylation is 2. The third kappa shape index (κ3) is 3.10. The number of aromatic nitrogens is 3. The number of amides is 1. The highest BCUT2D eigenvalue weighted by atomic mass is 16.1. The van der Waals surface area contributed by atoms with Crippen molar-refractivity contribution >= 4 is 11.6 Å². The molecule has 126 valence electrons. The number of H-pyrrole nitrogens is 1. The Labute approximate surface area is 144 Å². The quantitative estimate of drug-likeness (QED) is 0.773. The highest BCUT2D eigenvalue weighted by molar-refractivity contribution is 6.05. The summed E-state index contributed by atoms with van der Waals surface area (Å²) >= 11 is 0. The normalized spacial score (nSPS) is 13.3. The number of anilines is 1. The van der Waals surface area contributed by atoms with Gasteiger partial charge in [-0.1, -0.05) is 18.2 Å². The van der Waals surface area contributed by atoms with E-state index in [-0.39, 0.29) is 11.5 Å². The molecule has 1 amide bonds. The summed E-state index contributed by atoms with van der Waals surface area (Å²) in [5, 5.41) is 2.91. The van der Waals surface area contributed by atoms with Gasteiger partial charge in [-0.15, -0.1) is 0 Å². The number of carbonyl (C=O) groups is 1. The molecule has 6 heteroatoms. The lowest BCUT2D eigenvalue weighted by Gasteiger charge is -2.11. The molecule has 0 unspecified atom stereocenters. The van der Waals surface area contributed by atoms with Gasteiger partial charge in [0.15, 0.2) is 0 Å². The zero-order valence-corrected chi connectivity index (χ0v) is 13.7. The lowest BCUT2D eigenvalue weighted by molar-refractivity contribution is 0.102. The van der Waals surface area contributed by atoms with Crippen molar-refractivity contribution in [3.05, 3.63) is 70.5 Å². The van der Waals surface area contributed by atoms with Gasteiger partial charge in [-0.25, -0.2) is 4.98 Å². The van der Waals surface area contributed by atoms with Crippen LogP contribution in [0, 0.1) is 0 Å². The predicted molar refractivity (Wildman–Crippen MR) is 95.6 cm³/mol. The second-order valence-corrected chi connectivity index (χ2v) is 6.13. The van der Waals surface area contributed by atoms with Crippen molar-refractivity contribution in [2.24, 2.45) is 0 Å². The van der Waals surface area contributed by atoms with Crippen LogP contribution in [0.3, 0.4) is 0 Å². The van der Waals surface area contributed by atoms with Gasteiger partial charge < -0.3 is 14.9 Å². The van der Waals surface area contributed by atoms with E-state index in [1.165, 1.54) is 31.2 Å². The first-order chi connectivity index (χ1) is 12.2. The van der Waals surface area contributed by atoms with Crippen molar-refractivity contribution in [1.29, 1.82) is 0 Å². The van der Waals surface area contributed by atoms with E-state index in [0.29, 0.717) is 11.3 Å². The Balaban J connectivity index is 1.65. The number of fused-ring (bicyclic) bond motifs is 1. The largest absolute Gasteiger partial charge is 0.334 e. The van der Waals surface area contributed by atoms with E-state index in [2.05, 4.69) is 21.1 Å². The average Bonchev–Trinajstić information content (AvgIpc) is 3.06. The van der Waals surface area contributed by atoms with Crippen molar-refractivity contribution in [1.82, 2.24) is 14.5 Å². The monoisotopic (exact) mass is 334 g/mol. The first-order valence-corrected chi connectivity index (χ1v) is 8.36. The van der Waals surface area contributed by atoms with Crippen LogP contribution in [-0.2, 0) is 13.0 Å². The number of nitrogens with zero attached hydrogens (tertiary/aromatic N) is 2. The molecule has 1 aliphatic heterocycles. The minimum absolute atomic E-state index is 0.236. The van der Waals surface area contributed by atoms with E-state index in [9.17, 15) is 9.59 Å². The molecule has 0 saturated heterocycles. The minimum Gasteiger partial charge on any atom is -0.334 e. The van der Waals surface area contributed by atoms with Crippen molar-refractivity contribution in [3.8, 4) is 11.3 Å². The van der Waals surface area contributed by atoms with E-state index < -0.39 is 0 Å². The van der Waals surface area contributed by atoms with Crippen LogP contribution in [0.5, 0.6) is 0 Å². The van der Waals surface area contributed by atoms with Crippen LogP contribution in [0.1, 0.15) is 29.0 Å². The van der Waals surface area contributed by atoms with Gasteiger partial charge in [0.05, 0.1) is 16.9 Å². The number of hydrogen-bond donors (Lipinski definition) is 2. The fourth-order valence-electron chi connectivity index (χ4n) is 3.10. The number of hydrogen-bond acceptors (Lipinski definition) is 3. The van der Waals surface area contributed by atoms with Crippen molar-refractivity contribution in [2.75, 3.05) is 5.32 Å². The molecule has 0 spiro atoms. The van der Waals surface area contributed by atoms with Gasteiger partial charge in [0.25, 0.3) is 5.91 Å². The van der Waals surface area contributed by atoms with Gasteiger partial charge in [-0.3, -0.25) is 9.59 Å². The number of aromatic amines is 1. The van der Waals surface area contributed by atoms with Crippen LogP contribution in [0.2, 0.25) is 0 Å². The molecule has 3 heterocycles.